The van der Waals surface area contributed by atoms with Crippen LogP contribution in [0, 0.1) is 13.8 Å². The molecule has 0 fully saturated rings. The van der Waals surface area contributed by atoms with Crippen LogP contribution >= 0.6 is 22.9 Å². The second-order valence-electron chi connectivity index (χ2n) is 10.9. The first kappa shape index (κ1) is 24.4. The molecule has 0 aliphatic heterocycles. The Morgan fingerprint density at radius 2 is 1.20 bits per heavy atom. The number of hydrogen-bond donors (Lipinski definition) is 0. The quantitative estimate of drug-likeness (QED) is 0.193. The monoisotopic (exact) mass is 563 g/mol. The Kier molecular flexibility index (Phi) is 5.57. The van der Waals surface area contributed by atoms with E-state index in [0.29, 0.717) is 0 Å². The van der Waals surface area contributed by atoms with Crippen molar-refractivity contribution in [3.63, 3.8) is 0 Å². The van der Waals surface area contributed by atoms with Gasteiger partial charge in [-0.15, -0.1) is 11.3 Å². The normalized spacial score (nSPS) is 11.8. The molecule has 0 unspecified atom stereocenters. The number of aryl methyl sites for hydroxylation is 2. The van der Waals surface area contributed by atoms with Crippen LogP contribution in [0.5, 0.6) is 0 Å². The van der Waals surface area contributed by atoms with Gasteiger partial charge in [0.25, 0.3) is 0 Å². The second-order valence-corrected chi connectivity index (χ2v) is 12.3. The van der Waals surface area contributed by atoms with Crippen molar-refractivity contribution >= 4 is 92.5 Å². The minimum atomic E-state index is 0.801. The molecule has 0 aliphatic rings. The average Bonchev–Trinajstić information content (AvgIpc) is 3.35. The molecule has 0 aliphatic carbocycles. The molecular weight excluding hydrogens is 538 g/mol. The van der Waals surface area contributed by atoms with E-state index in [1.165, 1.54) is 63.9 Å². The number of thiophene rings is 1. The van der Waals surface area contributed by atoms with Crippen LogP contribution in [0.1, 0.15) is 11.1 Å². The van der Waals surface area contributed by atoms with Crippen molar-refractivity contribution in [1.82, 2.24) is 0 Å². The van der Waals surface area contributed by atoms with Crippen LogP contribution in [0.25, 0.3) is 52.5 Å². The lowest BCUT2D eigenvalue weighted by atomic mass is 9.96. The number of rotatable bonds is 3. The van der Waals surface area contributed by atoms with E-state index in [2.05, 4.69) is 140 Å². The standard InChI is InChI=1S/C38H26ClNS/c1-23-9-7-12-26(19-23)40(27-13-8-10-24(2)20-27)34-21-32-36-30-16-6-5-15-29(30)33(39)22-35(36)41-38(32)37-28-14-4-3-11-25(28)17-18-31(34)37/h3-22H,1-2H3. The van der Waals surface area contributed by atoms with E-state index in [4.69, 9.17) is 11.6 Å². The summed E-state index contributed by atoms with van der Waals surface area (Å²) < 4.78 is 2.52. The van der Waals surface area contributed by atoms with Crippen LogP contribution in [0.3, 0.4) is 0 Å². The van der Waals surface area contributed by atoms with Gasteiger partial charge in [0.2, 0.25) is 0 Å². The predicted molar refractivity (Wildman–Crippen MR) is 181 cm³/mol. The molecule has 0 saturated heterocycles. The van der Waals surface area contributed by atoms with Crippen molar-refractivity contribution in [2.75, 3.05) is 4.90 Å². The van der Waals surface area contributed by atoms with Crippen LogP contribution < -0.4 is 4.90 Å². The minimum Gasteiger partial charge on any atom is -0.310 e. The Hall–Kier alpha value is -4.37. The molecule has 1 aromatic heterocycles. The van der Waals surface area contributed by atoms with Crippen molar-refractivity contribution < 1.29 is 0 Å². The van der Waals surface area contributed by atoms with Gasteiger partial charge in [0.15, 0.2) is 0 Å². The molecule has 0 saturated carbocycles. The molecule has 1 nitrogen and oxygen atoms in total. The van der Waals surface area contributed by atoms with E-state index in [9.17, 15) is 0 Å². The first-order valence-electron chi connectivity index (χ1n) is 13.9. The molecule has 41 heavy (non-hydrogen) atoms. The number of hydrogen-bond acceptors (Lipinski definition) is 2. The number of halogens is 1. The highest BCUT2D eigenvalue weighted by Gasteiger charge is 2.22. The van der Waals surface area contributed by atoms with Gasteiger partial charge in [0, 0.05) is 52.7 Å². The molecule has 0 N–H and O–H groups in total. The molecule has 8 rings (SSSR count). The summed E-state index contributed by atoms with van der Waals surface area (Å²) in [6.07, 6.45) is 0. The zero-order valence-corrected chi connectivity index (χ0v) is 24.4. The minimum absolute atomic E-state index is 0.801. The Bertz CT molecular complexity index is 2270. The number of anilines is 3. The van der Waals surface area contributed by atoms with Crippen molar-refractivity contribution in [3.8, 4) is 0 Å². The Labute approximate surface area is 247 Å². The molecule has 1 heterocycles. The lowest BCUT2D eigenvalue weighted by Gasteiger charge is -2.28. The van der Waals surface area contributed by atoms with Gasteiger partial charge in [-0.05, 0) is 77.5 Å². The molecule has 0 bridgehead atoms. The second kappa shape index (κ2) is 9.34. The molecule has 0 radical (unpaired) electrons. The van der Waals surface area contributed by atoms with E-state index in [0.717, 1.165) is 21.8 Å². The van der Waals surface area contributed by atoms with E-state index in [1.54, 1.807) is 0 Å². The van der Waals surface area contributed by atoms with Gasteiger partial charge in [0.05, 0.1) is 5.69 Å². The molecule has 3 heteroatoms. The topological polar surface area (TPSA) is 3.24 Å². The van der Waals surface area contributed by atoms with Crippen molar-refractivity contribution in [2.24, 2.45) is 0 Å². The largest absolute Gasteiger partial charge is 0.310 e. The van der Waals surface area contributed by atoms with Crippen LogP contribution in [0.15, 0.2) is 121 Å². The summed E-state index contributed by atoms with van der Waals surface area (Å²) in [5.41, 5.74) is 5.94. The summed E-state index contributed by atoms with van der Waals surface area (Å²) in [5, 5.41) is 10.7. The summed E-state index contributed by atoms with van der Waals surface area (Å²) in [6.45, 7) is 4.32. The van der Waals surface area contributed by atoms with Gasteiger partial charge in [0.1, 0.15) is 0 Å². The molecule has 0 atom stereocenters. The fourth-order valence-corrected chi connectivity index (χ4v) is 8.01. The Morgan fingerprint density at radius 3 is 1.90 bits per heavy atom. The van der Waals surface area contributed by atoms with E-state index in [1.807, 2.05) is 11.3 Å². The first-order chi connectivity index (χ1) is 20.1. The predicted octanol–water partition coefficient (Wildman–Crippen LogP) is 12.3. The van der Waals surface area contributed by atoms with Gasteiger partial charge in [-0.3, -0.25) is 0 Å². The van der Waals surface area contributed by atoms with Crippen LogP contribution in [0.2, 0.25) is 5.02 Å². The summed E-state index contributed by atoms with van der Waals surface area (Å²) in [5.74, 6) is 0. The Balaban J connectivity index is 1.61. The number of fused-ring (bicyclic) bond motifs is 9. The smallest absolute Gasteiger partial charge is 0.0547 e. The molecule has 7 aromatic carbocycles. The lowest BCUT2D eigenvalue weighted by Crippen LogP contribution is -2.11. The molecular formula is C38H26ClNS. The number of benzene rings is 7. The van der Waals surface area contributed by atoms with Crippen molar-refractivity contribution in [1.29, 1.82) is 0 Å². The van der Waals surface area contributed by atoms with Crippen LogP contribution in [-0.4, -0.2) is 0 Å². The maximum absolute atomic E-state index is 6.85. The first-order valence-corrected chi connectivity index (χ1v) is 15.1. The van der Waals surface area contributed by atoms with Crippen molar-refractivity contribution in [3.05, 3.63) is 137 Å². The highest BCUT2D eigenvalue weighted by molar-refractivity contribution is 7.27. The fraction of sp³-hybridized carbons (Fsp3) is 0.0526. The van der Waals surface area contributed by atoms with E-state index >= 15 is 0 Å². The maximum Gasteiger partial charge on any atom is 0.0547 e. The maximum atomic E-state index is 6.85. The van der Waals surface area contributed by atoms with E-state index < -0.39 is 0 Å². The van der Waals surface area contributed by atoms with Gasteiger partial charge in [-0.25, -0.2) is 0 Å². The summed E-state index contributed by atoms with van der Waals surface area (Å²) >= 11 is 8.70. The number of nitrogens with zero attached hydrogens (tertiary/aromatic N) is 1. The average molecular weight is 564 g/mol. The highest BCUT2D eigenvalue weighted by atomic mass is 35.5. The van der Waals surface area contributed by atoms with Gasteiger partial charge in [-0.2, -0.15) is 0 Å². The zero-order chi connectivity index (χ0) is 27.7. The summed E-state index contributed by atoms with van der Waals surface area (Å²) in [4.78, 5) is 2.43. The third kappa shape index (κ3) is 3.83. The Morgan fingerprint density at radius 1 is 0.537 bits per heavy atom. The zero-order valence-electron chi connectivity index (χ0n) is 22.8. The summed E-state index contributed by atoms with van der Waals surface area (Å²) in [6, 6.07) is 44.0. The molecule has 8 aromatic rings. The summed E-state index contributed by atoms with van der Waals surface area (Å²) in [7, 11) is 0. The molecule has 0 spiro atoms. The van der Waals surface area contributed by atoms with Gasteiger partial charge >= 0.3 is 0 Å². The van der Waals surface area contributed by atoms with E-state index in [-0.39, 0.29) is 0 Å². The molecule has 0 amide bonds. The van der Waals surface area contributed by atoms with Gasteiger partial charge in [-0.1, -0.05) is 96.5 Å². The molecule has 196 valence electrons. The SMILES string of the molecule is Cc1cccc(N(c2cccc(C)c2)c2cc3c(sc4cc(Cl)c5ccccc5c43)c3c2ccc2ccccc23)c1. The van der Waals surface area contributed by atoms with Crippen LogP contribution in [0.4, 0.5) is 17.1 Å². The lowest BCUT2D eigenvalue weighted by molar-refractivity contribution is 1.27. The van der Waals surface area contributed by atoms with Crippen LogP contribution in [-0.2, 0) is 0 Å². The fourth-order valence-electron chi connectivity index (χ4n) is 6.36. The van der Waals surface area contributed by atoms with Gasteiger partial charge < -0.3 is 4.90 Å². The third-order valence-electron chi connectivity index (χ3n) is 8.16. The third-order valence-corrected chi connectivity index (χ3v) is 9.64. The highest BCUT2D eigenvalue weighted by Crippen LogP contribution is 2.50. The van der Waals surface area contributed by atoms with Crippen molar-refractivity contribution in [2.45, 2.75) is 13.8 Å².